The predicted molar refractivity (Wildman–Crippen MR) is 34.7 cm³/mol. The van der Waals surface area contributed by atoms with E-state index in [1.807, 2.05) is 0 Å². The van der Waals surface area contributed by atoms with Crippen LogP contribution in [0, 0.1) is 6.92 Å². The van der Waals surface area contributed by atoms with Gasteiger partial charge in [-0.25, -0.2) is 0 Å². The van der Waals surface area contributed by atoms with Gasteiger partial charge in [0.25, 0.3) is 6.47 Å². The second-order valence-corrected chi connectivity index (χ2v) is 0.959. The van der Waals surface area contributed by atoms with Gasteiger partial charge in [0, 0.05) is 0 Å². The van der Waals surface area contributed by atoms with Crippen LogP contribution in [0.2, 0.25) is 0 Å². The quantitative estimate of drug-likeness (QED) is 0.305. The minimum Gasteiger partial charge on any atom is -1.00 e. The fraction of sp³-hybridized carbons (Fsp3) is 0.600. The van der Waals surface area contributed by atoms with Gasteiger partial charge in [-0.2, -0.15) is 6.42 Å². The van der Waals surface area contributed by atoms with E-state index in [1.54, 1.807) is 0 Å². The molecule has 0 atom stereocenters. The van der Waals surface area contributed by atoms with Crippen molar-refractivity contribution in [3.05, 3.63) is 6.92 Å². The summed E-state index contributed by atoms with van der Waals surface area (Å²) in [6, 6.07) is 0. The third-order valence-electron chi connectivity index (χ3n) is 0.354. The fourth-order valence-electron chi connectivity index (χ4n) is 0. The van der Waals surface area contributed by atoms with Gasteiger partial charge in [0.1, 0.15) is 0 Å². The SMILES string of the molecule is O=CO.[Br-].[CH2-]CCC.[Mg+2]. The number of carboxylic acid groups (broad SMARTS) is 1. The maximum absolute atomic E-state index is 8.36. The number of hydrogen-bond donors (Lipinski definition) is 1. The second-order valence-electron chi connectivity index (χ2n) is 0.959. The van der Waals surface area contributed by atoms with Crippen molar-refractivity contribution in [1.82, 2.24) is 0 Å². The van der Waals surface area contributed by atoms with Gasteiger partial charge in [0.2, 0.25) is 0 Å². The molecule has 0 aliphatic rings. The van der Waals surface area contributed by atoms with Gasteiger partial charge < -0.3 is 29.0 Å². The van der Waals surface area contributed by atoms with Crippen molar-refractivity contribution in [3.8, 4) is 0 Å². The van der Waals surface area contributed by atoms with Crippen molar-refractivity contribution in [1.29, 1.82) is 0 Å². The van der Waals surface area contributed by atoms with Crippen LogP contribution in [-0.2, 0) is 4.79 Å². The van der Waals surface area contributed by atoms with Crippen LogP contribution in [0.15, 0.2) is 0 Å². The van der Waals surface area contributed by atoms with E-state index in [1.165, 1.54) is 6.42 Å². The van der Waals surface area contributed by atoms with E-state index in [4.69, 9.17) is 9.90 Å². The molecule has 0 aromatic heterocycles. The molecule has 0 aromatic rings. The average molecular weight is 207 g/mol. The third kappa shape index (κ3) is 133. The van der Waals surface area contributed by atoms with E-state index in [0.29, 0.717) is 0 Å². The summed E-state index contributed by atoms with van der Waals surface area (Å²) in [7, 11) is 0. The molecule has 0 radical (unpaired) electrons. The Kier molecular flexibility index (Phi) is 94.3. The molecule has 0 aromatic carbocycles. The zero-order valence-corrected chi connectivity index (χ0v) is 8.64. The molecule has 0 amide bonds. The molecule has 2 nitrogen and oxygen atoms in total. The maximum atomic E-state index is 8.36. The normalized spacial score (nSPS) is 4.67. The first kappa shape index (κ1) is 22.6. The average Bonchev–Trinajstić information content (AvgIpc) is 1.69. The largest absolute Gasteiger partial charge is 2.00 e. The van der Waals surface area contributed by atoms with Crippen molar-refractivity contribution >= 4 is 29.5 Å². The number of halogens is 1. The molecule has 9 heavy (non-hydrogen) atoms. The van der Waals surface area contributed by atoms with Gasteiger partial charge in [-0.05, 0) is 0 Å². The van der Waals surface area contributed by atoms with Crippen LogP contribution in [0.3, 0.4) is 0 Å². The van der Waals surface area contributed by atoms with E-state index < -0.39 is 0 Å². The monoisotopic (exact) mass is 206 g/mol. The van der Waals surface area contributed by atoms with Gasteiger partial charge in [-0.3, -0.25) is 4.79 Å². The van der Waals surface area contributed by atoms with Crippen molar-refractivity contribution < 1.29 is 26.9 Å². The van der Waals surface area contributed by atoms with Crippen LogP contribution in [-0.4, -0.2) is 34.6 Å². The van der Waals surface area contributed by atoms with Crippen LogP contribution in [0.5, 0.6) is 0 Å². The minimum absolute atomic E-state index is 0. The van der Waals surface area contributed by atoms with Crippen LogP contribution in [0.1, 0.15) is 19.8 Å². The van der Waals surface area contributed by atoms with E-state index in [9.17, 15) is 0 Å². The molecule has 0 aliphatic heterocycles. The molecule has 0 rings (SSSR count). The summed E-state index contributed by atoms with van der Waals surface area (Å²) in [4.78, 5) is 8.36. The molecule has 52 valence electrons. The molecular weight excluding hydrogens is 196 g/mol. The molecule has 1 N–H and O–H groups in total. The van der Waals surface area contributed by atoms with Gasteiger partial charge >= 0.3 is 23.1 Å². The van der Waals surface area contributed by atoms with Crippen LogP contribution in [0.4, 0.5) is 0 Å². The summed E-state index contributed by atoms with van der Waals surface area (Å²) in [6.45, 7) is 5.47. The predicted octanol–water partition coefficient (Wildman–Crippen LogP) is -2.06. The van der Waals surface area contributed by atoms with Crippen molar-refractivity contribution in [2.75, 3.05) is 0 Å². The van der Waals surface area contributed by atoms with E-state index >= 15 is 0 Å². The Hall–Kier alpha value is 0.716. The molecule has 0 unspecified atom stereocenters. The molecule has 4 heteroatoms. The van der Waals surface area contributed by atoms with Gasteiger partial charge in [-0.15, -0.1) is 0 Å². The Morgan fingerprint density at radius 3 is 1.78 bits per heavy atom. The first-order valence-electron chi connectivity index (χ1n) is 2.20. The first-order chi connectivity index (χ1) is 3.33. The zero-order valence-electron chi connectivity index (χ0n) is 5.64. The molecule has 0 spiro atoms. The standard InChI is InChI=1S/C4H9.CH2O2.BrH.Mg/c1-3-4-2;2-1-3;;/h1,3-4H2,2H3;1H,(H,2,3);1H;/q-1;;;+2/p-1. The molecular formula is C5H11BrMgO2. The molecule has 0 saturated carbocycles. The van der Waals surface area contributed by atoms with E-state index in [2.05, 4.69) is 13.8 Å². The van der Waals surface area contributed by atoms with E-state index in [0.717, 1.165) is 6.42 Å². The van der Waals surface area contributed by atoms with Crippen LogP contribution in [0.25, 0.3) is 0 Å². The van der Waals surface area contributed by atoms with Crippen LogP contribution >= 0.6 is 0 Å². The molecule has 0 aliphatic carbocycles. The van der Waals surface area contributed by atoms with Gasteiger partial charge in [-0.1, -0.05) is 13.3 Å². The summed E-state index contributed by atoms with van der Waals surface area (Å²) < 4.78 is 0. The van der Waals surface area contributed by atoms with Crippen molar-refractivity contribution in [2.24, 2.45) is 0 Å². The summed E-state index contributed by atoms with van der Waals surface area (Å²) in [6.07, 6.45) is 2.28. The second kappa shape index (κ2) is 37.6. The topological polar surface area (TPSA) is 37.3 Å². The number of unbranched alkanes of at least 4 members (excludes halogenated alkanes) is 1. The van der Waals surface area contributed by atoms with Gasteiger partial charge in [0.05, 0.1) is 0 Å². The molecule has 0 fully saturated rings. The van der Waals surface area contributed by atoms with Gasteiger partial charge in [0.15, 0.2) is 0 Å². The maximum Gasteiger partial charge on any atom is 2.00 e. The summed E-state index contributed by atoms with van der Waals surface area (Å²) >= 11 is 0. The Bertz CT molecular complexity index is 34.1. The number of carbonyl (C=O) groups is 1. The van der Waals surface area contributed by atoms with Crippen LogP contribution < -0.4 is 17.0 Å². The number of hydrogen-bond acceptors (Lipinski definition) is 1. The zero-order chi connectivity index (χ0) is 6.12. The number of rotatable bonds is 1. The summed E-state index contributed by atoms with van der Waals surface area (Å²) in [5, 5.41) is 6.89. The van der Waals surface area contributed by atoms with Crippen molar-refractivity contribution in [2.45, 2.75) is 19.8 Å². The first-order valence-corrected chi connectivity index (χ1v) is 2.20. The Balaban J connectivity index is -0.0000000233. The summed E-state index contributed by atoms with van der Waals surface area (Å²) in [5.74, 6) is 0. The minimum atomic E-state index is -0.250. The third-order valence-corrected chi connectivity index (χ3v) is 0.354. The molecule has 0 bridgehead atoms. The Labute approximate surface area is 82.9 Å². The summed E-state index contributed by atoms with van der Waals surface area (Å²) in [5.41, 5.74) is 0. The van der Waals surface area contributed by atoms with Crippen molar-refractivity contribution in [3.63, 3.8) is 0 Å². The van der Waals surface area contributed by atoms with E-state index in [-0.39, 0.29) is 46.5 Å². The molecule has 0 heterocycles. The smallest absolute Gasteiger partial charge is 1.00 e. The Morgan fingerprint density at radius 2 is 1.78 bits per heavy atom. The fourth-order valence-corrected chi connectivity index (χ4v) is 0. The Morgan fingerprint density at radius 1 is 1.67 bits per heavy atom. The molecule has 0 saturated heterocycles.